The third-order valence-electron chi connectivity index (χ3n) is 5.18. The highest BCUT2D eigenvalue weighted by molar-refractivity contribution is 5.95. The summed E-state index contributed by atoms with van der Waals surface area (Å²) < 4.78 is 43.5. The molecule has 11 nitrogen and oxygen atoms in total. The lowest BCUT2D eigenvalue weighted by molar-refractivity contribution is -0.00132. The molecule has 3 heterocycles. The van der Waals surface area contributed by atoms with Crippen molar-refractivity contribution in [1.82, 2.24) is 25.5 Å². The van der Waals surface area contributed by atoms with Crippen LogP contribution in [0.3, 0.4) is 0 Å². The van der Waals surface area contributed by atoms with Crippen LogP contribution < -0.4 is 27.0 Å². The van der Waals surface area contributed by atoms with Gasteiger partial charge in [0.15, 0.2) is 0 Å². The molecule has 0 bridgehead atoms. The number of hydrogen-bond donors (Lipinski definition) is 4. The van der Waals surface area contributed by atoms with Crippen molar-refractivity contribution < 1.29 is 18.0 Å². The summed E-state index contributed by atoms with van der Waals surface area (Å²) in [4.78, 5) is 53.1. The first-order valence-electron chi connectivity index (χ1n) is 9.64. The molecule has 3 aromatic rings. The molecule has 1 amide bonds. The summed E-state index contributed by atoms with van der Waals surface area (Å²) in [6.07, 6.45) is 1.05. The summed E-state index contributed by atoms with van der Waals surface area (Å²) in [5.74, 6) is -5.65. The number of nitriles is 1. The Balaban J connectivity index is 1.60. The number of aromatic amines is 3. The van der Waals surface area contributed by atoms with E-state index in [2.05, 4.69) is 20.5 Å². The van der Waals surface area contributed by atoms with E-state index in [1.165, 1.54) is 6.07 Å². The van der Waals surface area contributed by atoms with Crippen LogP contribution in [0.15, 0.2) is 44.8 Å². The van der Waals surface area contributed by atoms with E-state index >= 15 is 0 Å². The maximum absolute atomic E-state index is 14.7. The van der Waals surface area contributed by atoms with Gasteiger partial charge in [-0.1, -0.05) is 0 Å². The smallest absolute Gasteiger partial charge is 0.325 e. The normalized spacial score (nSPS) is 16.8. The predicted molar refractivity (Wildman–Crippen MR) is 111 cm³/mol. The molecule has 1 aromatic carbocycles. The zero-order valence-electron chi connectivity index (χ0n) is 17.0. The van der Waals surface area contributed by atoms with E-state index in [4.69, 9.17) is 5.26 Å². The van der Waals surface area contributed by atoms with Crippen molar-refractivity contribution in [2.45, 2.75) is 12.0 Å². The van der Waals surface area contributed by atoms with Crippen LogP contribution in [-0.2, 0) is 0 Å². The molecule has 4 N–H and O–H groups in total. The summed E-state index contributed by atoms with van der Waals surface area (Å²) >= 11 is 0. The average molecular weight is 473 g/mol. The van der Waals surface area contributed by atoms with Gasteiger partial charge in [-0.3, -0.25) is 19.4 Å². The number of carbonyl (C=O) groups excluding carboxylic acids is 1. The fraction of sp³-hybridized carbons (Fsp3) is 0.200. The third kappa shape index (κ3) is 4.18. The number of hydrogen-bond acceptors (Lipinski definition) is 7. The average Bonchev–Trinajstić information content (AvgIpc) is 3.07. The van der Waals surface area contributed by atoms with Gasteiger partial charge >= 0.3 is 5.69 Å². The summed E-state index contributed by atoms with van der Waals surface area (Å²) in [7, 11) is 0. The number of aromatic nitrogens is 4. The highest BCUT2D eigenvalue weighted by Crippen LogP contribution is 2.31. The van der Waals surface area contributed by atoms with E-state index in [1.54, 1.807) is 6.07 Å². The fourth-order valence-electron chi connectivity index (χ4n) is 3.49. The molecule has 0 radical (unpaired) electrons. The molecule has 0 saturated carbocycles. The largest absolute Gasteiger partial charge is 0.359 e. The zero-order valence-corrected chi connectivity index (χ0v) is 17.0. The first-order valence-corrected chi connectivity index (χ1v) is 9.64. The minimum atomic E-state index is -3.50. The number of benzene rings is 1. The maximum Gasteiger partial charge on any atom is 0.325 e. The van der Waals surface area contributed by atoms with Gasteiger partial charge < -0.3 is 15.2 Å². The molecule has 1 aliphatic rings. The van der Waals surface area contributed by atoms with E-state index in [0.29, 0.717) is 0 Å². The SMILES string of the molecule is N#Cc1ccc(C(=O)NC2CN(c3cc(-c4c[nH]c(=O)[nH]c4=O)n[nH]c3=O)CC2(F)F)c(F)c1. The molecule has 34 heavy (non-hydrogen) atoms. The Morgan fingerprint density at radius 1 is 1.24 bits per heavy atom. The Bertz CT molecular complexity index is 1510. The van der Waals surface area contributed by atoms with Crippen molar-refractivity contribution in [1.29, 1.82) is 5.26 Å². The van der Waals surface area contributed by atoms with Crippen LogP contribution in [0.4, 0.5) is 18.9 Å². The molecule has 4 rings (SSSR count). The molecule has 1 aliphatic heterocycles. The predicted octanol–water partition coefficient (Wildman–Crippen LogP) is 0.0782. The first-order chi connectivity index (χ1) is 16.1. The second kappa shape index (κ2) is 8.35. The van der Waals surface area contributed by atoms with Gasteiger partial charge in [-0.2, -0.15) is 10.4 Å². The molecule has 1 saturated heterocycles. The molecule has 1 unspecified atom stereocenters. The summed E-state index contributed by atoms with van der Waals surface area (Å²) in [5.41, 5.74) is -3.44. The van der Waals surface area contributed by atoms with Crippen molar-refractivity contribution in [3.8, 4) is 17.3 Å². The van der Waals surface area contributed by atoms with Crippen LogP contribution in [-0.4, -0.2) is 51.1 Å². The van der Waals surface area contributed by atoms with Gasteiger partial charge in [0, 0.05) is 12.7 Å². The lowest BCUT2D eigenvalue weighted by Gasteiger charge is -2.18. The van der Waals surface area contributed by atoms with Crippen molar-refractivity contribution in [2.24, 2.45) is 0 Å². The highest BCUT2D eigenvalue weighted by atomic mass is 19.3. The fourth-order valence-corrected chi connectivity index (χ4v) is 3.49. The van der Waals surface area contributed by atoms with Gasteiger partial charge in [-0.05, 0) is 24.3 Å². The highest BCUT2D eigenvalue weighted by Gasteiger charge is 2.49. The molecular weight excluding hydrogens is 459 g/mol. The third-order valence-corrected chi connectivity index (χ3v) is 5.18. The van der Waals surface area contributed by atoms with E-state index in [1.807, 2.05) is 4.98 Å². The lowest BCUT2D eigenvalue weighted by Crippen LogP contribution is -2.46. The summed E-state index contributed by atoms with van der Waals surface area (Å²) in [6, 6.07) is 4.01. The van der Waals surface area contributed by atoms with Gasteiger partial charge in [0.2, 0.25) is 0 Å². The standard InChI is InChI=1S/C20H14F3N7O4/c21-12-3-9(5-24)1-2-10(12)16(31)26-15-7-30(8-20(15,22)23)14-4-13(28-29-18(14)33)11-6-25-19(34)27-17(11)32/h1-4,6,15H,7-8H2,(H,26,31)(H,29,33)(H2,25,27,32,34). The molecule has 0 aliphatic carbocycles. The topological polar surface area (TPSA) is 168 Å². The number of H-pyrrole nitrogens is 3. The van der Waals surface area contributed by atoms with Crippen LogP contribution >= 0.6 is 0 Å². The molecule has 1 fully saturated rings. The van der Waals surface area contributed by atoms with Crippen LogP contribution in [0.1, 0.15) is 15.9 Å². The summed E-state index contributed by atoms with van der Waals surface area (Å²) in [6.45, 7) is -1.46. The van der Waals surface area contributed by atoms with Crippen LogP contribution in [0.2, 0.25) is 0 Å². The van der Waals surface area contributed by atoms with Crippen LogP contribution in [0.5, 0.6) is 0 Å². The van der Waals surface area contributed by atoms with Crippen molar-refractivity contribution in [3.05, 3.63) is 78.6 Å². The number of nitrogens with one attached hydrogen (secondary N) is 4. The van der Waals surface area contributed by atoms with Gasteiger partial charge in [-0.15, -0.1) is 0 Å². The number of nitrogens with zero attached hydrogens (tertiary/aromatic N) is 3. The van der Waals surface area contributed by atoms with Gasteiger partial charge in [0.1, 0.15) is 17.5 Å². The monoisotopic (exact) mass is 473 g/mol. The Labute approximate surface area is 186 Å². The van der Waals surface area contributed by atoms with Crippen LogP contribution in [0, 0.1) is 17.1 Å². The van der Waals surface area contributed by atoms with Gasteiger partial charge in [0.25, 0.3) is 22.9 Å². The van der Waals surface area contributed by atoms with E-state index in [-0.39, 0.29) is 22.5 Å². The molecule has 174 valence electrons. The van der Waals surface area contributed by atoms with E-state index in [9.17, 15) is 32.3 Å². The van der Waals surface area contributed by atoms with Crippen molar-refractivity contribution >= 4 is 11.6 Å². The molecule has 1 atom stereocenters. The number of rotatable bonds is 4. The molecule has 0 spiro atoms. The Morgan fingerprint density at radius 2 is 2.00 bits per heavy atom. The minimum Gasteiger partial charge on any atom is -0.359 e. The Kier molecular flexibility index (Phi) is 5.53. The van der Waals surface area contributed by atoms with E-state index in [0.717, 1.165) is 29.3 Å². The van der Waals surface area contributed by atoms with Gasteiger partial charge in [0.05, 0.1) is 35.0 Å². The first kappa shape index (κ1) is 22.5. The van der Waals surface area contributed by atoms with Crippen LogP contribution in [0.25, 0.3) is 11.3 Å². The number of anilines is 1. The molecule has 14 heteroatoms. The summed E-state index contributed by atoms with van der Waals surface area (Å²) in [5, 5.41) is 16.7. The zero-order chi connectivity index (χ0) is 24.6. The second-order valence-electron chi connectivity index (χ2n) is 7.43. The maximum atomic E-state index is 14.7. The van der Waals surface area contributed by atoms with Crippen molar-refractivity contribution in [2.75, 3.05) is 18.0 Å². The molecule has 2 aromatic heterocycles. The Hall–Kier alpha value is -4.67. The Morgan fingerprint density at radius 3 is 2.68 bits per heavy atom. The number of halogens is 3. The van der Waals surface area contributed by atoms with E-state index < -0.39 is 59.2 Å². The lowest BCUT2D eigenvalue weighted by atomic mass is 10.1. The minimum absolute atomic E-state index is 0.0412. The number of alkyl halides is 2. The quantitative estimate of drug-likeness (QED) is 0.416. The van der Waals surface area contributed by atoms with Crippen molar-refractivity contribution in [3.63, 3.8) is 0 Å². The number of carbonyl (C=O) groups is 1. The van der Waals surface area contributed by atoms with Gasteiger partial charge in [-0.25, -0.2) is 23.1 Å². The molecular formula is C20H14F3N7O4. The number of amides is 1. The second-order valence-corrected chi connectivity index (χ2v) is 7.43.